The second kappa shape index (κ2) is 4.95. The molecule has 0 radical (unpaired) electrons. The normalized spacial score (nSPS) is 10.4. The van der Waals surface area contributed by atoms with Gasteiger partial charge in [0.2, 0.25) is 0 Å². The van der Waals surface area contributed by atoms with Gasteiger partial charge in [0.25, 0.3) is 0 Å². The van der Waals surface area contributed by atoms with Gasteiger partial charge in [-0.15, -0.1) is 0 Å². The maximum Gasteiger partial charge on any atom is 0.533 e. The number of imidazole rings is 1. The van der Waals surface area contributed by atoms with Gasteiger partial charge in [-0.25, -0.2) is 9.78 Å². The molecular formula is C12H14N2O4. The molecule has 0 bridgehead atoms. The first-order chi connectivity index (χ1) is 8.67. The summed E-state index contributed by atoms with van der Waals surface area (Å²) in [6.45, 7) is 3.70. The number of carbonyl (C=O) groups excluding carboxylic acids is 1. The Labute approximate surface area is 104 Å². The topological polar surface area (TPSA) is 62.6 Å². The van der Waals surface area contributed by atoms with Gasteiger partial charge in [0.1, 0.15) is 22.6 Å². The minimum Gasteiger partial charge on any atom is -0.494 e. The number of aryl methyl sites for hydroxylation is 1. The van der Waals surface area contributed by atoms with Crippen LogP contribution in [0.2, 0.25) is 0 Å². The highest BCUT2D eigenvalue weighted by molar-refractivity contribution is 5.82. The molecule has 0 aliphatic rings. The lowest BCUT2D eigenvalue weighted by molar-refractivity contribution is 0.0530. The summed E-state index contributed by atoms with van der Waals surface area (Å²) < 4.78 is 11.3. The second-order valence-electron chi connectivity index (χ2n) is 3.56. The first-order valence-electron chi connectivity index (χ1n) is 5.54. The van der Waals surface area contributed by atoms with E-state index in [0.717, 1.165) is 0 Å². The number of rotatable bonds is 3. The number of hydrogen-bond acceptors (Lipinski definition) is 5. The van der Waals surface area contributed by atoms with Gasteiger partial charge in [-0.05, 0) is 26.0 Å². The molecule has 0 atom stereocenters. The number of aromatic nitrogens is 2. The van der Waals surface area contributed by atoms with Crippen LogP contribution in [-0.2, 0) is 4.74 Å². The van der Waals surface area contributed by atoms with Gasteiger partial charge >= 0.3 is 6.16 Å². The van der Waals surface area contributed by atoms with Gasteiger partial charge in [-0.3, -0.25) is 4.84 Å². The zero-order chi connectivity index (χ0) is 13.1. The molecule has 0 saturated heterocycles. The molecule has 1 aromatic heterocycles. The number of para-hydroxylation sites is 1. The molecule has 0 N–H and O–H groups in total. The van der Waals surface area contributed by atoms with Crippen LogP contribution in [0.25, 0.3) is 11.0 Å². The number of fused-ring (bicyclic) bond motifs is 1. The number of hydrogen-bond donors (Lipinski definition) is 0. The van der Waals surface area contributed by atoms with Crippen molar-refractivity contribution < 1.29 is 19.1 Å². The van der Waals surface area contributed by atoms with E-state index in [1.54, 1.807) is 39.2 Å². The lowest BCUT2D eigenvalue weighted by Crippen LogP contribution is -2.21. The Hall–Kier alpha value is -2.24. The summed E-state index contributed by atoms with van der Waals surface area (Å²) in [6.07, 6.45) is -0.761. The summed E-state index contributed by atoms with van der Waals surface area (Å²) in [4.78, 5) is 20.7. The third-order valence-corrected chi connectivity index (χ3v) is 2.41. The van der Waals surface area contributed by atoms with E-state index in [2.05, 4.69) is 4.98 Å². The lowest BCUT2D eigenvalue weighted by atomic mass is 10.3. The Morgan fingerprint density at radius 1 is 1.44 bits per heavy atom. The van der Waals surface area contributed by atoms with E-state index in [4.69, 9.17) is 14.3 Å². The second-order valence-corrected chi connectivity index (χ2v) is 3.56. The summed E-state index contributed by atoms with van der Waals surface area (Å²) in [7, 11) is 1.56. The van der Waals surface area contributed by atoms with Crippen molar-refractivity contribution in [1.29, 1.82) is 0 Å². The molecule has 96 valence electrons. The lowest BCUT2D eigenvalue weighted by Gasteiger charge is -2.06. The summed E-state index contributed by atoms with van der Waals surface area (Å²) in [5, 5.41) is 0. The Kier molecular flexibility index (Phi) is 3.36. The van der Waals surface area contributed by atoms with Crippen LogP contribution in [0.1, 0.15) is 12.7 Å². The molecule has 0 amide bonds. The highest BCUT2D eigenvalue weighted by atomic mass is 16.8. The van der Waals surface area contributed by atoms with E-state index in [9.17, 15) is 4.79 Å². The molecular weight excluding hydrogens is 236 g/mol. The molecule has 18 heavy (non-hydrogen) atoms. The maximum atomic E-state index is 11.3. The smallest absolute Gasteiger partial charge is 0.494 e. The largest absolute Gasteiger partial charge is 0.533 e. The van der Waals surface area contributed by atoms with E-state index in [0.29, 0.717) is 22.6 Å². The molecule has 0 aliphatic carbocycles. The highest BCUT2D eigenvalue weighted by Crippen LogP contribution is 2.24. The predicted molar refractivity (Wildman–Crippen MR) is 64.6 cm³/mol. The SMILES string of the molecule is CCOC(=O)On1c(C)nc2c(OC)cccc21. The van der Waals surface area contributed by atoms with Crippen molar-refractivity contribution in [1.82, 2.24) is 9.71 Å². The van der Waals surface area contributed by atoms with Crippen molar-refractivity contribution >= 4 is 17.2 Å². The molecule has 0 unspecified atom stereocenters. The zero-order valence-corrected chi connectivity index (χ0v) is 10.5. The molecule has 0 aliphatic heterocycles. The van der Waals surface area contributed by atoms with E-state index >= 15 is 0 Å². The minimum absolute atomic E-state index is 0.258. The van der Waals surface area contributed by atoms with E-state index < -0.39 is 6.16 Å². The zero-order valence-electron chi connectivity index (χ0n) is 10.5. The fraction of sp³-hybridized carbons (Fsp3) is 0.333. The van der Waals surface area contributed by atoms with Crippen LogP contribution in [0.15, 0.2) is 18.2 Å². The first kappa shape index (κ1) is 12.2. The average molecular weight is 250 g/mol. The quantitative estimate of drug-likeness (QED) is 0.779. The monoisotopic (exact) mass is 250 g/mol. The third kappa shape index (κ3) is 2.09. The molecule has 0 spiro atoms. The van der Waals surface area contributed by atoms with Gasteiger partial charge in [-0.2, -0.15) is 4.73 Å². The van der Waals surface area contributed by atoms with Crippen LogP contribution in [0, 0.1) is 6.92 Å². The molecule has 1 heterocycles. The Bertz CT molecular complexity index is 577. The Morgan fingerprint density at radius 3 is 2.89 bits per heavy atom. The standard InChI is InChI=1S/C12H14N2O4/c1-4-17-12(15)18-14-8(2)13-11-9(14)6-5-7-10(11)16-3/h5-7H,4H2,1-3H3. The minimum atomic E-state index is -0.761. The van der Waals surface area contributed by atoms with E-state index in [1.807, 2.05) is 0 Å². The summed E-state index contributed by atoms with van der Waals surface area (Å²) in [5.74, 6) is 1.17. The number of methoxy groups -OCH3 is 1. The van der Waals surface area contributed by atoms with Crippen molar-refractivity contribution in [3.8, 4) is 5.75 Å². The predicted octanol–water partition coefficient (Wildman–Crippen LogP) is 1.94. The molecule has 6 nitrogen and oxygen atoms in total. The number of nitrogens with zero attached hydrogens (tertiary/aromatic N) is 2. The van der Waals surface area contributed by atoms with Crippen LogP contribution in [0.5, 0.6) is 5.75 Å². The fourth-order valence-electron chi connectivity index (χ4n) is 1.67. The highest BCUT2D eigenvalue weighted by Gasteiger charge is 2.15. The van der Waals surface area contributed by atoms with Crippen LogP contribution >= 0.6 is 0 Å². The van der Waals surface area contributed by atoms with Crippen molar-refractivity contribution in [3.63, 3.8) is 0 Å². The average Bonchev–Trinajstić information content (AvgIpc) is 2.66. The molecule has 1 aromatic carbocycles. The summed E-state index contributed by atoms with van der Waals surface area (Å²) in [5.41, 5.74) is 1.29. The Morgan fingerprint density at radius 2 is 2.22 bits per heavy atom. The number of carbonyl (C=O) groups is 1. The van der Waals surface area contributed by atoms with Crippen molar-refractivity contribution in [3.05, 3.63) is 24.0 Å². The van der Waals surface area contributed by atoms with E-state index in [-0.39, 0.29) is 6.61 Å². The summed E-state index contributed by atoms with van der Waals surface area (Å²) >= 11 is 0. The Balaban J connectivity index is 2.44. The number of ether oxygens (including phenoxy) is 2. The van der Waals surface area contributed by atoms with Gasteiger partial charge in [-0.1, -0.05) is 6.07 Å². The van der Waals surface area contributed by atoms with Crippen molar-refractivity contribution in [2.24, 2.45) is 0 Å². The van der Waals surface area contributed by atoms with Crippen molar-refractivity contribution in [2.75, 3.05) is 13.7 Å². The first-order valence-corrected chi connectivity index (χ1v) is 5.54. The summed E-state index contributed by atoms with van der Waals surface area (Å²) in [6, 6.07) is 5.38. The van der Waals surface area contributed by atoms with Crippen LogP contribution in [0.3, 0.4) is 0 Å². The van der Waals surface area contributed by atoms with Crippen molar-refractivity contribution in [2.45, 2.75) is 13.8 Å². The molecule has 2 rings (SSSR count). The third-order valence-electron chi connectivity index (χ3n) is 2.41. The number of benzene rings is 1. The molecule has 0 saturated carbocycles. The molecule has 6 heteroatoms. The maximum absolute atomic E-state index is 11.3. The van der Waals surface area contributed by atoms with Gasteiger partial charge in [0.05, 0.1) is 13.7 Å². The van der Waals surface area contributed by atoms with Crippen LogP contribution < -0.4 is 9.57 Å². The molecule has 2 aromatic rings. The molecule has 0 fully saturated rings. The van der Waals surface area contributed by atoms with Crippen LogP contribution in [0.4, 0.5) is 4.79 Å². The van der Waals surface area contributed by atoms with Gasteiger partial charge in [0, 0.05) is 0 Å². The van der Waals surface area contributed by atoms with Crippen LogP contribution in [-0.4, -0.2) is 29.6 Å². The van der Waals surface area contributed by atoms with Gasteiger partial charge < -0.3 is 9.47 Å². The fourth-order valence-corrected chi connectivity index (χ4v) is 1.67. The van der Waals surface area contributed by atoms with E-state index in [1.165, 1.54) is 4.73 Å². The van der Waals surface area contributed by atoms with Gasteiger partial charge in [0.15, 0.2) is 0 Å².